The largest absolute Gasteiger partial charge is 0.483 e. The Balaban J connectivity index is 1.52. The first-order valence-corrected chi connectivity index (χ1v) is 9.94. The van der Waals surface area contributed by atoms with Crippen LogP contribution in [0.1, 0.15) is 42.1 Å². The molecule has 5 heteroatoms. The van der Waals surface area contributed by atoms with Crippen LogP contribution in [0.3, 0.4) is 0 Å². The lowest BCUT2D eigenvalue weighted by Gasteiger charge is -2.34. The van der Waals surface area contributed by atoms with Crippen LogP contribution in [0.2, 0.25) is 0 Å². The summed E-state index contributed by atoms with van der Waals surface area (Å²) in [6.45, 7) is 6.49. The average molecular weight is 380 g/mol. The van der Waals surface area contributed by atoms with E-state index in [4.69, 9.17) is 4.74 Å². The zero-order valence-corrected chi connectivity index (χ0v) is 16.6. The molecule has 0 radical (unpaired) electrons. The highest BCUT2D eigenvalue weighted by Gasteiger charge is 2.25. The first kappa shape index (κ1) is 19.9. The Morgan fingerprint density at radius 3 is 2.21 bits per heavy atom. The summed E-state index contributed by atoms with van der Waals surface area (Å²) in [5.74, 6) is 1.15. The molecule has 0 saturated carbocycles. The topological polar surface area (TPSA) is 49.9 Å². The summed E-state index contributed by atoms with van der Waals surface area (Å²) in [6, 6.07) is 17.2. The molecule has 0 aliphatic carbocycles. The van der Waals surface area contributed by atoms with Crippen molar-refractivity contribution >= 4 is 11.8 Å². The van der Waals surface area contributed by atoms with Crippen molar-refractivity contribution in [2.75, 3.05) is 32.8 Å². The van der Waals surface area contributed by atoms with Crippen LogP contribution in [0.15, 0.2) is 54.6 Å². The molecule has 2 amide bonds. The van der Waals surface area contributed by atoms with Gasteiger partial charge in [-0.3, -0.25) is 9.59 Å². The molecule has 1 atom stereocenters. The van der Waals surface area contributed by atoms with E-state index in [1.54, 1.807) is 9.80 Å². The van der Waals surface area contributed by atoms with Crippen molar-refractivity contribution in [3.8, 4) is 5.75 Å². The van der Waals surface area contributed by atoms with Gasteiger partial charge in [-0.1, -0.05) is 50.2 Å². The Hall–Kier alpha value is -2.82. The Bertz CT molecular complexity index is 799. The molecule has 1 saturated heterocycles. The van der Waals surface area contributed by atoms with Crippen molar-refractivity contribution in [2.45, 2.75) is 26.2 Å². The zero-order valence-electron chi connectivity index (χ0n) is 16.6. The molecule has 3 rings (SSSR count). The first-order valence-electron chi connectivity index (χ1n) is 9.94. The Labute approximate surface area is 166 Å². The molecular formula is C23H28N2O3. The standard InChI is InChI=1S/C23H28N2O3/c1-3-18(2)20-11-7-8-12-21(20)28-17-22(26)24-13-15-25(16-14-24)23(27)19-9-5-4-6-10-19/h4-12,18H,3,13-17H2,1-2H3. The van der Waals surface area contributed by atoms with Crippen molar-refractivity contribution in [1.29, 1.82) is 0 Å². The van der Waals surface area contributed by atoms with Gasteiger partial charge < -0.3 is 14.5 Å². The number of carbonyl (C=O) groups excluding carboxylic acids is 2. The number of hydrogen-bond acceptors (Lipinski definition) is 3. The van der Waals surface area contributed by atoms with Gasteiger partial charge in [0.15, 0.2) is 6.61 Å². The average Bonchev–Trinajstić information content (AvgIpc) is 2.77. The number of benzene rings is 2. The third-order valence-corrected chi connectivity index (χ3v) is 5.35. The van der Waals surface area contributed by atoms with Crippen LogP contribution in [0.4, 0.5) is 0 Å². The predicted octanol–water partition coefficient (Wildman–Crippen LogP) is 3.56. The second-order valence-corrected chi connectivity index (χ2v) is 7.17. The fourth-order valence-electron chi connectivity index (χ4n) is 3.39. The molecule has 1 unspecified atom stereocenters. The molecule has 0 N–H and O–H groups in total. The van der Waals surface area contributed by atoms with Crippen LogP contribution in [-0.4, -0.2) is 54.4 Å². The number of rotatable bonds is 6. The lowest BCUT2D eigenvalue weighted by molar-refractivity contribution is -0.134. The van der Waals surface area contributed by atoms with Crippen LogP contribution in [-0.2, 0) is 4.79 Å². The molecule has 148 valence electrons. The van der Waals surface area contributed by atoms with Gasteiger partial charge in [-0.25, -0.2) is 0 Å². The van der Waals surface area contributed by atoms with Gasteiger partial charge in [0.2, 0.25) is 0 Å². The van der Waals surface area contributed by atoms with Gasteiger partial charge in [-0.15, -0.1) is 0 Å². The maximum atomic E-state index is 12.6. The van der Waals surface area contributed by atoms with E-state index in [-0.39, 0.29) is 18.4 Å². The number of ether oxygens (including phenoxy) is 1. The van der Waals surface area contributed by atoms with E-state index in [9.17, 15) is 9.59 Å². The number of carbonyl (C=O) groups is 2. The second kappa shape index (κ2) is 9.40. The minimum atomic E-state index is -0.0363. The summed E-state index contributed by atoms with van der Waals surface area (Å²) >= 11 is 0. The number of amides is 2. The highest BCUT2D eigenvalue weighted by Crippen LogP contribution is 2.28. The summed E-state index contributed by atoms with van der Waals surface area (Å²) < 4.78 is 5.85. The number of hydrogen-bond donors (Lipinski definition) is 0. The quantitative estimate of drug-likeness (QED) is 0.770. The Morgan fingerprint density at radius 1 is 0.929 bits per heavy atom. The van der Waals surface area contributed by atoms with E-state index in [0.29, 0.717) is 37.7 Å². The zero-order chi connectivity index (χ0) is 19.9. The third-order valence-electron chi connectivity index (χ3n) is 5.35. The Kier molecular flexibility index (Phi) is 6.69. The van der Waals surface area contributed by atoms with Crippen molar-refractivity contribution in [2.24, 2.45) is 0 Å². The van der Waals surface area contributed by atoms with E-state index in [2.05, 4.69) is 19.9 Å². The summed E-state index contributed by atoms with van der Waals surface area (Å²) in [7, 11) is 0. The third kappa shape index (κ3) is 4.71. The molecule has 0 spiro atoms. The van der Waals surface area contributed by atoms with Gasteiger partial charge in [0.05, 0.1) is 0 Å². The predicted molar refractivity (Wildman–Crippen MR) is 110 cm³/mol. The smallest absolute Gasteiger partial charge is 0.260 e. The normalized spacial score (nSPS) is 15.2. The number of piperazine rings is 1. The van der Waals surface area contributed by atoms with Crippen molar-refractivity contribution in [3.63, 3.8) is 0 Å². The minimum Gasteiger partial charge on any atom is -0.483 e. The molecule has 2 aromatic rings. The van der Waals surface area contributed by atoms with Gasteiger partial charge in [0, 0.05) is 31.7 Å². The fourth-order valence-corrected chi connectivity index (χ4v) is 3.39. The van der Waals surface area contributed by atoms with Crippen molar-refractivity contribution < 1.29 is 14.3 Å². The van der Waals surface area contributed by atoms with Gasteiger partial charge in [-0.05, 0) is 36.1 Å². The van der Waals surface area contributed by atoms with Gasteiger partial charge in [-0.2, -0.15) is 0 Å². The lowest BCUT2D eigenvalue weighted by atomic mass is 9.98. The summed E-state index contributed by atoms with van der Waals surface area (Å²) in [4.78, 5) is 28.7. The molecule has 1 aliphatic rings. The molecule has 28 heavy (non-hydrogen) atoms. The van der Waals surface area contributed by atoms with Crippen molar-refractivity contribution in [3.05, 3.63) is 65.7 Å². The monoisotopic (exact) mass is 380 g/mol. The highest BCUT2D eigenvalue weighted by molar-refractivity contribution is 5.94. The number of nitrogens with zero attached hydrogens (tertiary/aromatic N) is 2. The van der Waals surface area contributed by atoms with E-state index in [0.717, 1.165) is 17.7 Å². The molecular weight excluding hydrogens is 352 g/mol. The molecule has 1 heterocycles. The highest BCUT2D eigenvalue weighted by atomic mass is 16.5. The van der Waals surface area contributed by atoms with Crippen molar-refractivity contribution in [1.82, 2.24) is 9.80 Å². The molecule has 5 nitrogen and oxygen atoms in total. The maximum absolute atomic E-state index is 12.6. The van der Waals surface area contributed by atoms with Gasteiger partial charge in [0.25, 0.3) is 11.8 Å². The van der Waals surface area contributed by atoms with E-state index in [1.165, 1.54) is 0 Å². The summed E-state index contributed by atoms with van der Waals surface area (Å²) in [5, 5.41) is 0. The molecule has 0 bridgehead atoms. The molecule has 1 fully saturated rings. The van der Waals surface area contributed by atoms with E-state index < -0.39 is 0 Å². The van der Waals surface area contributed by atoms with Crippen LogP contribution >= 0.6 is 0 Å². The Morgan fingerprint density at radius 2 is 1.54 bits per heavy atom. The van der Waals surface area contributed by atoms with Crippen LogP contribution in [0.25, 0.3) is 0 Å². The van der Waals surface area contributed by atoms with Gasteiger partial charge in [0.1, 0.15) is 5.75 Å². The first-order chi connectivity index (χ1) is 13.6. The van der Waals surface area contributed by atoms with Gasteiger partial charge >= 0.3 is 0 Å². The van der Waals surface area contributed by atoms with Crippen LogP contribution in [0, 0.1) is 0 Å². The summed E-state index contributed by atoms with van der Waals surface area (Å²) in [5.41, 5.74) is 1.82. The summed E-state index contributed by atoms with van der Waals surface area (Å²) in [6.07, 6.45) is 1.02. The van der Waals surface area contributed by atoms with E-state index in [1.807, 2.05) is 48.5 Å². The number of para-hydroxylation sites is 1. The van der Waals surface area contributed by atoms with E-state index >= 15 is 0 Å². The SMILES string of the molecule is CCC(C)c1ccccc1OCC(=O)N1CCN(C(=O)c2ccccc2)CC1. The van der Waals surface area contributed by atoms with Crippen LogP contribution in [0.5, 0.6) is 5.75 Å². The minimum absolute atomic E-state index is 0.0198. The second-order valence-electron chi connectivity index (χ2n) is 7.17. The fraction of sp³-hybridized carbons (Fsp3) is 0.391. The maximum Gasteiger partial charge on any atom is 0.260 e. The molecule has 0 aromatic heterocycles. The van der Waals surface area contributed by atoms with Crippen LogP contribution < -0.4 is 4.74 Å². The lowest BCUT2D eigenvalue weighted by Crippen LogP contribution is -2.51. The molecule has 1 aliphatic heterocycles. The molecule has 2 aromatic carbocycles.